The van der Waals surface area contributed by atoms with Crippen molar-refractivity contribution in [1.82, 2.24) is 4.90 Å². The maximum atomic E-state index is 9.98. The maximum Gasteiger partial charge on any atom is 0.153 e. The van der Waals surface area contributed by atoms with Gasteiger partial charge in [0.15, 0.2) is 5.75 Å². The average Bonchev–Trinajstić information content (AvgIpc) is 3.25. The van der Waals surface area contributed by atoms with Crippen LogP contribution < -0.4 is 9.47 Å². The molecule has 3 aromatic carbocycles. The van der Waals surface area contributed by atoms with Gasteiger partial charge in [0.1, 0.15) is 17.2 Å². The van der Waals surface area contributed by atoms with Crippen LogP contribution in [-0.2, 0) is 4.18 Å². The van der Waals surface area contributed by atoms with Crippen LogP contribution in [-0.4, -0.2) is 43.4 Å². The summed E-state index contributed by atoms with van der Waals surface area (Å²) in [5.74, 6) is 2.59. The number of hydrogen-bond donors (Lipinski definition) is 1. The number of fused-ring (bicyclic) bond motifs is 1. The topological polar surface area (TPSA) is 51.2 Å². The number of hydrogen-bond acceptors (Lipinski definition) is 7. The number of rotatable bonds is 9. The molecule has 7 heteroatoms. The summed E-state index contributed by atoms with van der Waals surface area (Å²) in [7, 11) is 1.66. The van der Waals surface area contributed by atoms with Crippen LogP contribution >= 0.6 is 23.4 Å². The van der Waals surface area contributed by atoms with E-state index in [0.717, 1.165) is 55.8 Å². The molecule has 0 atom stereocenters. The van der Waals surface area contributed by atoms with Crippen molar-refractivity contribution in [2.45, 2.75) is 24.2 Å². The van der Waals surface area contributed by atoms with E-state index >= 15 is 0 Å². The molecule has 1 aliphatic rings. The number of piperidine rings is 1. The number of methoxy groups -OCH3 is 1. The van der Waals surface area contributed by atoms with Gasteiger partial charge >= 0.3 is 0 Å². The highest BCUT2D eigenvalue weighted by molar-refractivity contribution is 7.94. The average molecular weight is 508 g/mol. The number of benzene rings is 3. The molecule has 5 nitrogen and oxygen atoms in total. The molecule has 1 saturated heterocycles. The Balaban J connectivity index is 1.29. The molecular weight excluding hydrogens is 478 g/mol. The van der Waals surface area contributed by atoms with Gasteiger partial charge in [-0.15, -0.1) is 11.3 Å². The van der Waals surface area contributed by atoms with Crippen LogP contribution in [0.4, 0.5) is 0 Å². The van der Waals surface area contributed by atoms with E-state index in [2.05, 4.69) is 4.90 Å². The van der Waals surface area contributed by atoms with Gasteiger partial charge in [0.25, 0.3) is 0 Å². The Morgan fingerprint density at radius 1 is 0.914 bits per heavy atom. The van der Waals surface area contributed by atoms with Crippen LogP contribution in [0, 0.1) is 0 Å². The van der Waals surface area contributed by atoms with Gasteiger partial charge in [0, 0.05) is 33.6 Å². The minimum absolute atomic E-state index is 0.244. The Hall–Kier alpha value is -2.71. The molecule has 1 aliphatic heterocycles. The molecule has 0 amide bonds. The first-order valence-corrected chi connectivity index (χ1v) is 13.4. The van der Waals surface area contributed by atoms with Crippen LogP contribution in [0.1, 0.15) is 19.3 Å². The van der Waals surface area contributed by atoms with Gasteiger partial charge in [-0.3, -0.25) is 0 Å². The zero-order chi connectivity index (χ0) is 24.0. The highest BCUT2D eigenvalue weighted by atomic mass is 32.2. The van der Waals surface area contributed by atoms with E-state index in [1.807, 2.05) is 54.6 Å². The first-order chi connectivity index (χ1) is 17.2. The van der Waals surface area contributed by atoms with Gasteiger partial charge < -0.3 is 23.7 Å². The zero-order valence-electron chi connectivity index (χ0n) is 19.7. The molecule has 1 aromatic heterocycles. The predicted octanol–water partition coefficient (Wildman–Crippen LogP) is 7.58. The Kier molecular flexibility index (Phi) is 7.79. The van der Waals surface area contributed by atoms with E-state index in [1.54, 1.807) is 30.6 Å². The van der Waals surface area contributed by atoms with E-state index in [-0.39, 0.29) is 5.75 Å². The van der Waals surface area contributed by atoms with Gasteiger partial charge in [-0.05, 0) is 98.2 Å². The summed E-state index contributed by atoms with van der Waals surface area (Å²) in [5, 5.41) is 11.0. The number of aromatic hydroxyl groups is 1. The third-order valence-electron chi connectivity index (χ3n) is 6.12. The molecule has 0 aliphatic carbocycles. The molecule has 0 spiro atoms. The third kappa shape index (κ3) is 5.93. The number of phenols is 1. The van der Waals surface area contributed by atoms with E-state index in [0.29, 0.717) is 0 Å². The lowest BCUT2D eigenvalue weighted by Gasteiger charge is -2.25. The summed E-state index contributed by atoms with van der Waals surface area (Å²) in [6, 6.07) is 21.3. The van der Waals surface area contributed by atoms with Gasteiger partial charge in [0.05, 0.1) is 18.6 Å². The summed E-state index contributed by atoms with van der Waals surface area (Å²) in [6.07, 6.45) is 3.95. The molecular formula is C28H29NO4S2. The normalized spacial score (nSPS) is 14.3. The number of likely N-dealkylation sites (tertiary alicyclic amines) is 1. The second-order valence-electron chi connectivity index (χ2n) is 8.55. The highest BCUT2D eigenvalue weighted by Gasteiger charge is 2.17. The fourth-order valence-corrected chi connectivity index (χ4v) is 5.95. The second kappa shape index (κ2) is 11.4. The van der Waals surface area contributed by atoms with Crippen LogP contribution in [0.3, 0.4) is 0 Å². The lowest BCUT2D eigenvalue weighted by molar-refractivity contribution is 0.194. The van der Waals surface area contributed by atoms with Gasteiger partial charge in [0.2, 0.25) is 0 Å². The second-order valence-corrected chi connectivity index (χ2v) is 10.5. The fourth-order valence-electron chi connectivity index (χ4n) is 4.24. The maximum absolute atomic E-state index is 9.98. The van der Waals surface area contributed by atoms with Gasteiger partial charge in [-0.1, -0.05) is 6.42 Å². The van der Waals surface area contributed by atoms with Crippen molar-refractivity contribution < 1.29 is 18.8 Å². The molecule has 2 heterocycles. The molecule has 35 heavy (non-hydrogen) atoms. The van der Waals surface area contributed by atoms with E-state index in [1.165, 1.54) is 44.4 Å². The minimum atomic E-state index is 0.244. The monoisotopic (exact) mass is 507 g/mol. The van der Waals surface area contributed by atoms with Crippen molar-refractivity contribution in [1.29, 1.82) is 0 Å². The van der Waals surface area contributed by atoms with E-state index in [4.69, 9.17) is 13.7 Å². The highest BCUT2D eigenvalue weighted by Crippen LogP contribution is 2.47. The van der Waals surface area contributed by atoms with Crippen LogP contribution in [0.15, 0.2) is 71.6 Å². The molecule has 4 aromatic rings. The zero-order valence-corrected chi connectivity index (χ0v) is 21.4. The summed E-state index contributed by atoms with van der Waals surface area (Å²) in [6.45, 7) is 4.09. The molecule has 0 radical (unpaired) electrons. The molecule has 0 unspecified atom stereocenters. The minimum Gasteiger partial charge on any atom is -0.508 e. The summed E-state index contributed by atoms with van der Waals surface area (Å²) < 4.78 is 18.5. The Morgan fingerprint density at radius 2 is 1.66 bits per heavy atom. The lowest BCUT2D eigenvalue weighted by Crippen LogP contribution is -2.32. The first-order valence-electron chi connectivity index (χ1n) is 11.9. The first kappa shape index (κ1) is 24.0. The van der Waals surface area contributed by atoms with Gasteiger partial charge in [-0.2, -0.15) is 0 Å². The quantitative estimate of drug-likeness (QED) is 0.186. The Bertz CT molecular complexity index is 1250. The Morgan fingerprint density at radius 3 is 2.40 bits per heavy atom. The predicted molar refractivity (Wildman–Crippen MR) is 144 cm³/mol. The molecule has 182 valence electrons. The molecule has 1 N–H and O–H groups in total. The van der Waals surface area contributed by atoms with Crippen molar-refractivity contribution in [3.05, 3.63) is 66.7 Å². The Labute approximate surface area is 214 Å². The lowest BCUT2D eigenvalue weighted by atomic mass is 10.1. The summed E-state index contributed by atoms with van der Waals surface area (Å²) in [4.78, 5) is 4.53. The smallest absolute Gasteiger partial charge is 0.153 e. The number of ether oxygens (including phenoxy) is 2. The van der Waals surface area contributed by atoms with Crippen molar-refractivity contribution >= 4 is 33.5 Å². The molecule has 1 fully saturated rings. The number of nitrogens with zero attached hydrogens (tertiary/aromatic N) is 1. The standard InChI is InChI=1S/C28H29NO4S2/c1-31-22-8-5-20(6-9-22)28-27(25-14-7-21(30)19-26(25)34-28)33-23-10-12-24(13-11-23)35-32-18-17-29-15-3-2-4-16-29/h5-14,19,30H,2-4,15-18H2,1H3. The van der Waals surface area contributed by atoms with Crippen molar-refractivity contribution in [2.24, 2.45) is 0 Å². The number of phenolic OH excluding ortho intramolecular Hbond substituents is 1. The van der Waals surface area contributed by atoms with Crippen molar-refractivity contribution in [3.63, 3.8) is 0 Å². The van der Waals surface area contributed by atoms with Crippen molar-refractivity contribution in [3.8, 4) is 33.4 Å². The molecule has 0 bridgehead atoms. The van der Waals surface area contributed by atoms with Crippen LogP contribution in [0.2, 0.25) is 0 Å². The number of thiophene rings is 1. The summed E-state index contributed by atoms with van der Waals surface area (Å²) in [5.41, 5.74) is 1.04. The largest absolute Gasteiger partial charge is 0.508 e. The van der Waals surface area contributed by atoms with Crippen LogP contribution in [0.5, 0.6) is 23.0 Å². The summed E-state index contributed by atoms with van der Waals surface area (Å²) >= 11 is 3.01. The fraction of sp³-hybridized carbons (Fsp3) is 0.286. The van der Waals surface area contributed by atoms with Crippen LogP contribution in [0.25, 0.3) is 20.5 Å². The van der Waals surface area contributed by atoms with E-state index in [9.17, 15) is 5.11 Å². The molecule has 0 saturated carbocycles. The SMILES string of the molecule is COc1ccc(-c2sc3cc(O)ccc3c2Oc2ccc(SOCCN3CCCCC3)cc2)cc1. The third-order valence-corrected chi connectivity index (χ3v) is 8.05. The molecule has 5 rings (SSSR count). The van der Waals surface area contributed by atoms with Gasteiger partial charge in [-0.25, -0.2) is 0 Å². The van der Waals surface area contributed by atoms with E-state index < -0.39 is 0 Å². The van der Waals surface area contributed by atoms with Crippen molar-refractivity contribution in [2.75, 3.05) is 33.4 Å².